The molecule has 2 nitrogen and oxygen atoms in total. The molecule has 0 spiro atoms. The molecule has 0 aliphatic rings. The van der Waals surface area contributed by atoms with Gasteiger partial charge in [0.15, 0.2) is 0 Å². The summed E-state index contributed by atoms with van der Waals surface area (Å²) in [5.74, 6) is 0.545. The quantitative estimate of drug-likeness (QED) is 0.782. The second-order valence-electron chi connectivity index (χ2n) is 5.45. The first kappa shape index (κ1) is 14.7. The summed E-state index contributed by atoms with van der Waals surface area (Å²) in [6.07, 6.45) is 1.50. The summed E-state index contributed by atoms with van der Waals surface area (Å²) in [5, 5.41) is 8.79. The standard InChI is InChI=1S/C16H24N2/c1-12(2)14-9-8-13(3)15(11-14)16(18(4)5)7-6-10-17/h8-9,11-12,16H,6-7H2,1-5H3. The van der Waals surface area contributed by atoms with E-state index in [2.05, 4.69) is 64.0 Å². The third-order valence-electron chi connectivity index (χ3n) is 3.48. The van der Waals surface area contributed by atoms with Crippen molar-refractivity contribution in [2.24, 2.45) is 0 Å². The number of nitrogens with zero attached hydrogens (tertiary/aromatic N) is 2. The van der Waals surface area contributed by atoms with Crippen LogP contribution in [0.25, 0.3) is 0 Å². The lowest BCUT2D eigenvalue weighted by Gasteiger charge is -2.26. The molecule has 0 heterocycles. The number of hydrogen-bond donors (Lipinski definition) is 0. The molecule has 1 rings (SSSR count). The minimum Gasteiger partial charge on any atom is -0.302 e. The van der Waals surface area contributed by atoms with Crippen LogP contribution in [0.3, 0.4) is 0 Å². The molecule has 0 bridgehead atoms. The Bertz CT molecular complexity index is 427. The average molecular weight is 244 g/mol. The maximum Gasteiger partial charge on any atom is 0.0622 e. The smallest absolute Gasteiger partial charge is 0.0622 e. The first-order chi connectivity index (χ1) is 8.47. The van der Waals surface area contributed by atoms with Crippen molar-refractivity contribution in [1.82, 2.24) is 4.90 Å². The summed E-state index contributed by atoms with van der Waals surface area (Å²) in [6.45, 7) is 6.59. The molecule has 1 aromatic rings. The molecule has 1 aromatic carbocycles. The van der Waals surface area contributed by atoms with Gasteiger partial charge >= 0.3 is 0 Å². The highest BCUT2D eigenvalue weighted by Gasteiger charge is 2.16. The van der Waals surface area contributed by atoms with Crippen LogP contribution in [0.15, 0.2) is 18.2 Å². The van der Waals surface area contributed by atoms with E-state index in [4.69, 9.17) is 5.26 Å². The molecule has 0 fully saturated rings. The molecular formula is C16H24N2. The van der Waals surface area contributed by atoms with Crippen LogP contribution in [0.2, 0.25) is 0 Å². The van der Waals surface area contributed by atoms with Crippen molar-refractivity contribution in [3.63, 3.8) is 0 Å². The summed E-state index contributed by atoms with van der Waals surface area (Å²) in [4.78, 5) is 2.21. The van der Waals surface area contributed by atoms with Crippen LogP contribution < -0.4 is 0 Å². The first-order valence-corrected chi connectivity index (χ1v) is 6.61. The molecule has 0 aromatic heterocycles. The average Bonchev–Trinajstić information content (AvgIpc) is 2.31. The summed E-state index contributed by atoms with van der Waals surface area (Å²) < 4.78 is 0. The van der Waals surface area contributed by atoms with Gasteiger partial charge in [0.05, 0.1) is 6.07 Å². The van der Waals surface area contributed by atoms with Gasteiger partial charge in [-0.05, 0) is 50.0 Å². The van der Waals surface area contributed by atoms with Gasteiger partial charge in [0, 0.05) is 12.5 Å². The Hall–Kier alpha value is -1.33. The SMILES string of the molecule is Cc1ccc(C(C)C)cc1C(CCC#N)N(C)C. The number of rotatable bonds is 5. The van der Waals surface area contributed by atoms with Crippen molar-refractivity contribution in [1.29, 1.82) is 5.26 Å². The molecule has 98 valence electrons. The molecule has 0 N–H and O–H groups in total. The van der Waals surface area contributed by atoms with Gasteiger partial charge in [0.25, 0.3) is 0 Å². The van der Waals surface area contributed by atoms with Crippen molar-refractivity contribution in [2.45, 2.75) is 45.6 Å². The Morgan fingerprint density at radius 2 is 1.94 bits per heavy atom. The van der Waals surface area contributed by atoms with Gasteiger partial charge in [0.2, 0.25) is 0 Å². The van der Waals surface area contributed by atoms with Crippen molar-refractivity contribution in [3.05, 3.63) is 34.9 Å². The molecule has 18 heavy (non-hydrogen) atoms. The van der Waals surface area contributed by atoms with Gasteiger partial charge in [-0.2, -0.15) is 5.26 Å². The van der Waals surface area contributed by atoms with Crippen LogP contribution in [0.4, 0.5) is 0 Å². The van der Waals surface area contributed by atoms with E-state index in [9.17, 15) is 0 Å². The Morgan fingerprint density at radius 1 is 1.28 bits per heavy atom. The summed E-state index contributed by atoms with van der Waals surface area (Å²) >= 11 is 0. The number of nitriles is 1. The largest absolute Gasteiger partial charge is 0.302 e. The van der Waals surface area contributed by atoms with Crippen LogP contribution in [-0.4, -0.2) is 19.0 Å². The fraction of sp³-hybridized carbons (Fsp3) is 0.562. The zero-order valence-corrected chi connectivity index (χ0v) is 12.2. The molecule has 0 aliphatic heterocycles. The van der Waals surface area contributed by atoms with Crippen LogP contribution in [-0.2, 0) is 0 Å². The molecule has 0 aliphatic carbocycles. The highest BCUT2D eigenvalue weighted by molar-refractivity contribution is 5.35. The topological polar surface area (TPSA) is 27.0 Å². The second-order valence-corrected chi connectivity index (χ2v) is 5.45. The fourth-order valence-corrected chi connectivity index (χ4v) is 2.27. The van der Waals surface area contributed by atoms with Gasteiger partial charge in [-0.15, -0.1) is 0 Å². The van der Waals surface area contributed by atoms with E-state index in [1.54, 1.807) is 0 Å². The molecule has 0 amide bonds. The monoisotopic (exact) mass is 244 g/mol. The highest BCUT2D eigenvalue weighted by atomic mass is 15.1. The lowest BCUT2D eigenvalue weighted by molar-refractivity contribution is 0.285. The zero-order chi connectivity index (χ0) is 13.7. The van der Waals surface area contributed by atoms with Gasteiger partial charge < -0.3 is 4.90 Å². The van der Waals surface area contributed by atoms with Crippen LogP contribution in [0.5, 0.6) is 0 Å². The molecule has 0 saturated heterocycles. The van der Waals surface area contributed by atoms with E-state index in [0.29, 0.717) is 18.4 Å². The number of hydrogen-bond acceptors (Lipinski definition) is 2. The molecule has 1 atom stereocenters. The van der Waals surface area contributed by atoms with E-state index in [1.165, 1.54) is 16.7 Å². The number of aryl methyl sites for hydroxylation is 1. The lowest BCUT2D eigenvalue weighted by Crippen LogP contribution is -2.21. The van der Waals surface area contributed by atoms with Crippen LogP contribution >= 0.6 is 0 Å². The van der Waals surface area contributed by atoms with Gasteiger partial charge in [0.1, 0.15) is 0 Å². The van der Waals surface area contributed by atoms with Gasteiger partial charge in [-0.3, -0.25) is 0 Å². The van der Waals surface area contributed by atoms with E-state index in [0.717, 1.165) is 6.42 Å². The summed E-state index contributed by atoms with van der Waals surface area (Å²) in [5.41, 5.74) is 4.05. The highest BCUT2D eigenvalue weighted by Crippen LogP contribution is 2.29. The Balaban J connectivity index is 3.10. The van der Waals surface area contributed by atoms with Crippen molar-refractivity contribution < 1.29 is 0 Å². The van der Waals surface area contributed by atoms with Gasteiger partial charge in [-0.1, -0.05) is 32.0 Å². The molecule has 0 radical (unpaired) electrons. The fourth-order valence-electron chi connectivity index (χ4n) is 2.27. The number of benzene rings is 1. The predicted octanol–water partition coefficient (Wildman–Crippen LogP) is 4.02. The lowest BCUT2D eigenvalue weighted by atomic mass is 9.92. The third kappa shape index (κ3) is 3.58. The summed E-state index contributed by atoms with van der Waals surface area (Å²) in [6, 6.07) is 9.31. The minimum atomic E-state index is 0.336. The van der Waals surface area contributed by atoms with E-state index < -0.39 is 0 Å². The molecule has 1 unspecified atom stereocenters. The second kappa shape index (κ2) is 6.56. The predicted molar refractivity (Wildman–Crippen MR) is 76.5 cm³/mol. The van der Waals surface area contributed by atoms with Crippen molar-refractivity contribution >= 4 is 0 Å². The van der Waals surface area contributed by atoms with Crippen molar-refractivity contribution in [3.8, 4) is 6.07 Å². The van der Waals surface area contributed by atoms with Gasteiger partial charge in [-0.25, -0.2) is 0 Å². The Kier molecular flexibility index (Phi) is 5.37. The van der Waals surface area contributed by atoms with Crippen LogP contribution in [0, 0.1) is 18.3 Å². The van der Waals surface area contributed by atoms with Crippen LogP contribution in [0.1, 0.15) is 55.3 Å². The molecular weight excluding hydrogens is 220 g/mol. The van der Waals surface area contributed by atoms with E-state index >= 15 is 0 Å². The summed E-state index contributed by atoms with van der Waals surface area (Å²) in [7, 11) is 4.17. The van der Waals surface area contributed by atoms with E-state index in [1.807, 2.05) is 0 Å². The third-order valence-corrected chi connectivity index (χ3v) is 3.48. The first-order valence-electron chi connectivity index (χ1n) is 6.61. The normalized spacial score (nSPS) is 12.8. The Morgan fingerprint density at radius 3 is 2.44 bits per heavy atom. The molecule has 0 saturated carbocycles. The minimum absolute atomic E-state index is 0.336. The molecule has 2 heteroatoms. The zero-order valence-electron chi connectivity index (χ0n) is 12.2. The van der Waals surface area contributed by atoms with Crippen molar-refractivity contribution in [2.75, 3.05) is 14.1 Å². The maximum absolute atomic E-state index is 8.79. The van der Waals surface area contributed by atoms with E-state index in [-0.39, 0.29) is 0 Å². The maximum atomic E-state index is 8.79. The Labute approximate surface area is 111 Å².